The van der Waals surface area contributed by atoms with Crippen LogP contribution in [0.1, 0.15) is 5.56 Å². The molecule has 2 aromatic rings. The Morgan fingerprint density at radius 3 is 3.00 bits per heavy atom. The quantitative estimate of drug-likeness (QED) is 0.646. The smallest absolute Gasteiger partial charge is 0.0947 e. The van der Waals surface area contributed by atoms with E-state index in [-0.39, 0.29) is 0 Å². The van der Waals surface area contributed by atoms with E-state index in [0.29, 0.717) is 0 Å². The highest BCUT2D eigenvalue weighted by Crippen LogP contribution is 2.21. The molecule has 0 unspecified atom stereocenters. The van der Waals surface area contributed by atoms with Crippen LogP contribution in [-0.4, -0.2) is 12.3 Å². The first-order valence-corrected chi connectivity index (χ1v) is 7.22. The highest BCUT2D eigenvalue weighted by atomic mass is 79.9. The monoisotopic (exact) mass is 311 g/mol. The summed E-state index contributed by atoms with van der Waals surface area (Å²) in [5.41, 5.74) is 1.19. The molecule has 1 aromatic heterocycles. The number of hydrogen-bond acceptors (Lipinski definition) is 3. The standard InChI is InChI=1S/C13H14BrNOS/c14-12-2-1-3-13(8-12)17-7-5-15-9-11-4-6-16-10-11/h1-4,6,8,10,15H,5,7,9H2. The largest absolute Gasteiger partial charge is 0.472 e. The number of nitrogens with one attached hydrogen (secondary N) is 1. The normalized spacial score (nSPS) is 10.6. The van der Waals surface area contributed by atoms with Crippen LogP contribution in [0.5, 0.6) is 0 Å². The molecule has 0 aliphatic rings. The van der Waals surface area contributed by atoms with Crippen LogP contribution in [0.25, 0.3) is 0 Å². The second-order valence-corrected chi connectivity index (χ2v) is 5.70. The molecule has 2 rings (SSSR count). The van der Waals surface area contributed by atoms with Crippen LogP contribution in [0.4, 0.5) is 0 Å². The Balaban J connectivity index is 1.63. The lowest BCUT2D eigenvalue weighted by Gasteiger charge is -2.03. The number of rotatable bonds is 6. The van der Waals surface area contributed by atoms with Crippen molar-refractivity contribution in [3.05, 3.63) is 52.9 Å². The molecule has 0 aliphatic carbocycles. The third kappa shape index (κ3) is 4.58. The van der Waals surface area contributed by atoms with Crippen molar-refractivity contribution in [1.29, 1.82) is 0 Å². The highest BCUT2D eigenvalue weighted by Gasteiger charge is 1.96. The van der Waals surface area contributed by atoms with Gasteiger partial charge in [-0.2, -0.15) is 0 Å². The molecule has 4 heteroatoms. The SMILES string of the molecule is Brc1cccc(SCCNCc2ccoc2)c1. The van der Waals surface area contributed by atoms with Crippen LogP contribution in [0.2, 0.25) is 0 Å². The maximum absolute atomic E-state index is 5.00. The first-order chi connectivity index (χ1) is 8.34. The molecule has 0 bridgehead atoms. The zero-order valence-corrected chi connectivity index (χ0v) is 11.8. The van der Waals surface area contributed by atoms with Gasteiger partial charge in [-0.1, -0.05) is 22.0 Å². The van der Waals surface area contributed by atoms with Crippen LogP contribution >= 0.6 is 27.7 Å². The predicted molar refractivity (Wildman–Crippen MR) is 75.3 cm³/mol. The molecule has 0 fully saturated rings. The lowest BCUT2D eigenvalue weighted by molar-refractivity contribution is 0.561. The van der Waals surface area contributed by atoms with Crippen LogP contribution in [0, 0.1) is 0 Å². The topological polar surface area (TPSA) is 25.2 Å². The second kappa shape index (κ2) is 6.89. The second-order valence-electron chi connectivity index (χ2n) is 3.61. The average Bonchev–Trinajstić information content (AvgIpc) is 2.82. The third-order valence-electron chi connectivity index (χ3n) is 2.25. The summed E-state index contributed by atoms with van der Waals surface area (Å²) in [5, 5.41) is 3.38. The first kappa shape index (κ1) is 12.7. The molecule has 0 amide bonds. The lowest BCUT2D eigenvalue weighted by Crippen LogP contribution is -2.15. The van der Waals surface area contributed by atoms with Gasteiger partial charge in [0.05, 0.1) is 12.5 Å². The van der Waals surface area contributed by atoms with E-state index in [1.165, 1.54) is 10.5 Å². The van der Waals surface area contributed by atoms with Crippen molar-refractivity contribution in [3.8, 4) is 0 Å². The van der Waals surface area contributed by atoms with Crippen molar-refractivity contribution in [2.75, 3.05) is 12.3 Å². The molecule has 17 heavy (non-hydrogen) atoms. The van der Waals surface area contributed by atoms with E-state index in [1.807, 2.05) is 23.9 Å². The van der Waals surface area contributed by atoms with Crippen molar-refractivity contribution in [2.24, 2.45) is 0 Å². The van der Waals surface area contributed by atoms with Gasteiger partial charge in [0.25, 0.3) is 0 Å². The van der Waals surface area contributed by atoms with Gasteiger partial charge in [-0.25, -0.2) is 0 Å². The summed E-state index contributed by atoms with van der Waals surface area (Å²) >= 11 is 5.33. The predicted octanol–water partition coefficient (Wildman–Crippen LogP) is 3.92. The van der Waals surface area contributed by atoms with Crippen molar-refractivity contribution in [3.63, 3.8) is 0 Å². The fourth-order valence-corrected chi connectivity index (χ4v) is 2.84. The molecule has 2 nitrogen and oxygen atoms in total. The Labute approximate surface area is 114 Å². The Morgan fingerprint density at radius 2 is 2.24 bits per heavy atom. The number of furan rings is 1. The van der Waals surface area contributed by atoms with Crippen molar-refractivity contribution < 1.29 is 4.42 Å². The summed E-state index contributed by atoms with van der Waals surface area (Å²) in [7, 11) is 0. The summed E-state index contributed by atoms with van der Waals surface area (Å²) in [5.74, 6) is 1.06. The highest BCUT2D eigenvalue weighted by molar-refractivity contribution is 9.10. The van der Waals surface area contributed by atoms with E-state index in [9.17, 15) is 0 Å². The van der Waals surface area contributed by atoms with Gasteiger partial charge in [0, 0.05) is 33.8 Å². The average molecular weight is 312 g/mol. The van der Waals surface area contributed by atoms with Crippen molar-refractivity contribution in [1.82, 2.24) is 5.32 Å². The van der Waals surface area contributed by atoms with E-state index in [2.05, 4.69) is 39.4 Å². The van der Waals surface area contributed by atoms with Crippen LogP contribution < -0.4 is 5.32 Å². The summed E-state index contributed by atoms with van der Waals surface area (Å²) < 4.78 is 6.14. The van der Waals surface area contributed by atoms with Crippen molar-refractivity contribution in [2.45, 2.75) is 11.4 Å². The van der Waals surface area contributed by atoms with Gasteiger partial charge in [-0.3, -0.25) is 0 Å². The Bertz CT molecular complexity index is 444. The number of hydrogen-bond donors (Lipinski definition) is 1. The minimum Gasteiger partial charge on any atom is -0.472 e. The van der Waals surface area contributed by atoms with E-state index in [1.54, 1.807) is 12.5 Å². The van der Waals surface area contributed by atoms with Gasteiger partial charge in [-0.05, 0) is 24.3 Å². The van der Waals surface area contributed by atoms with E-state index in [4.69, 9.17) is 4.42 Å². The van der Waals surface area contributed by atoms with E-state index in [0.717, 1.165) is 23.3 Å². The molecule has 0 atom stereocenters. The minimum atomic E-state index is 0.871. The molecular weight excluding hydrogens is 298 g/mol. The molecule has 1 heterocycles. The number of thioether (sulfide) groups is 1. The van der Waals surface area contributed by atoms with Crippen LogP contribution in [0.3, 0.4) is 0 Å². The number of benzene rings is 1. The zero-order valence-electron chi connectivity index (χ0n) is 9.36. The van der Waals surface area contributed by atoms with E-state index < -0.39 is 0 Å². The fourth-order valence-electron chi connectivity index (χ4n) is 1.42. The Morgan fingerprint density at radius 1 is 1.29 bits per heavy atom. The van der Waals surface area contributed by atoms with Gasteiger partial charge in [0.1, 0.15) is 0 Å². The maximum atomic E-state index is 5.00. The number of halogens is 1. The fraction of sp³-hybridized carbons (Fsp3) is 0.231. The minimum absolute atomic E-state index is 0.871. The summed E-state index contributed by atoms with van der Waals surface area (Å²) in [6, 6.07) is 10.4. The first-order valence-electron chi connectivity index (χ1n) is 5.45. The summed E-state index contributed by atoms with van der Waals surface area (Å²) in [4.78, 5) is 1.30. The van der Waals surface area contributed by atoms with Gasteiger partial charge < -0.3 is 9.73 Å². The van der Waals surface area contributed by atoms with Crippen LogP contribution in [-0.2, 0) is 6.54 Å². The molecule has 0 spiro atoms. The molecule has 0 saturated carbocycles. The van der Waals surface area contributed by atoms with Gasteiger partial charge >= 0.3 is 0 Å². The van der Waals surface area contributed by atoms with E-state index >= 15 is 0 Å². The van der Waals surface area contributed by atoms with Crippen LogP contribution in [0.15, 0.2) is 56.6 Å². The molecule has 1 N–H and O–H groups in total. The summed E-state index contributed by atoms with van der Waals surface area (Å²) in [6.45, 7) is 1.86. The van der Waals surface area contributed by atoms with Gasteiger partial charge in [0.15, 0.2) is 0 Å². The molecule has 0 aliphatic heterocycles. The lowest BCUT2D eigenvalue weighted by atomic mass is 10.3. The maximum Gasteiger partial charge on any atom is 0.0947 e. The molecule has 0 radical (unpaired) electrons. The Kier molecular flexibility index (Phi) is 5.16. The molecular formula is C13H14BrNOS. The van der Waals surface area contributed by atoms with Gasteiger partial charge in [0.2, 0.25) is 0 Å². The van der Waals surface area contributed by atoms with Crippen molar-refractivity contribution >= 4 is 27.7 Å². The zero-order chi connectivity index (χ0) is 11.9. The summed E-state index contributed by atoms with van der Waals surface area (Å²) in [6.07, 6.45) is 3.47. The Hall–Kier alpha value is -0.710. The molecule has 1 aromatic carbocycles. The molecule has 90 valence electrons. The van der Waals surface area contributed by atoms with Gasteiger partial charge in [-0.15, -0.1) is 11.8 Å². The third-order valence-corrected chi connectivity index (χ3v) is 3.74. The molecule has 0 saturated heterocycles.